The summed E-state index contributed by atoms with van der Waals surface area (Å²) in [6.45, 7) is 1.76. The highest BCUT2D eigenvalue weighted by atomic mass is 19.4. The molecule has 0 aliphatic carbocycles. The standard InChI is InChI=1S/C14H13F3N2/c1-9(18)10-6-11(8-19-7-10)12-4-2-3-5-13(12)14(15,16)17/h2-9H,18H2,1H3. The first-order valence-electron chi connectivity index (χ1n) is 5.76. The minimum Gasteiger partial charge on any atom is -0.324 e. The van der Waals surface area contributed by atoms with Crippen molar-refractivity contribution in [3.8, 4) is 11.1 Å². The number of nitrogens with two attached hydrogens (primary N) is 1. The van der Waals surface area contributed by atoms with Gasteiger partial charge in [0.15, 0.2) is 0 Å². The third-order valence-electron chi connectivity index (χ3n) is 2.83. The van der Waals surface area contributed by atoms with E-state index >= 15 is 0 Å². The van der Waals surface area contributed by atoms with E-state index in [9.17, 15) is 13.2 Å². The van der Waals surface area contributed by atoms with Crippen molar-refractivity contribution in [1.29, 1.82) is 0 Å². The lowest BCUT2D eigenvalue weighted by Crippen LogP contribution is -2.08. The summed E-state index contributed by atoms with van der Waals surface area (Å²) in [5.41, 5.74) is 6.29. The summed E-state index contributed by atoms with van der Waals surface area (Å²) in [5, 5.41) is 0. The van der Waals surface area contributed by atoms with Gasteiger partial charge in [0.05, 0.1) is 5.56 Å². The third-order valence-corrected chi connectivity index (χ3v) is 2.83. The van der Waals surface area contributed by atoms with Crippen LogP contribution >= 0.6 is 0 Å². The molecular formula is C14H13F3N2. The van der Waals surface area contributed by atoms with Crippen LogP contribution in [0.2, 0.25) is 0 Å². The summed E-state index contributed by atoms with van der Waals surface area (Å²) >= 11 is 0. The number of hydrogen-bond acceptors (Lipinski definition) is 2. The van der Waals surface area contributed by atoms with Gasteiger partial charge in [-0.2, -0.15) is 13.2 Å². The Morgan fingerprint density at radius 3 is 2.47 bits per heavy atom. The zero-order valence-electron chi connectivity index (χ0n) is 10.3. The van der Waals surface area contributed by atoms with Crippen LogP contribution in [0.25, 0.3) is 11.1 Å². The second kappa shape index (κ2) is 5.01. The lowest BCUT2D eigenvalue weighted by Gasteiger charge is -2.13. The number of hydrogen-bond donors (Lipinski definition) is 1. The Hall–Kier alpha value is -1.88. The lowest BCUT2D eigenvalue weighted by molar-refractivity contribution is -0.137. The molecular weight excluding hydrogens is 253 g/mol. The minimum absolute atomic E-state index is 0.116. The van der Waals surface area contributed by atoms with Crippen LogP contribution in [0, 0.1) is 0 Å². The van der Waals surface area contributed by atoms with Crippen LogP contribution in [0.3, 0.4) is 0 Å². The lowest BCUT2D eigenvalue weighted by atomic mass is 9.98. The van der Waals surface area contributed by atoms with Gasteiger partial charge >= 0.3 is 6.18 Å². The number of benzene rings is 1. The molecule has 0 aliphatic rings. The van der Waals surface area contributed by atoms with Crippen molar-refractivity contribution in [2.75, 3.05) is 0 Å². The van der Waals surface area contributed by atoms with E-state index in [4.69, 9.17) is 5.73 Å². The molecule has 5 heteroatoms. The topological polar surface area (TPSA) is 38.9 Å². The Balaban J connectivity index is 2.56. The average Bonchev–Trinajstić information content (AvgIpc) is 2.38. The highest BCUT2D eigenvalue weighted by molar-refractivity contribution is 5.67. The van der Waals surface area contributed by atoms with Gasteiger partial charge in [0.2, 0.25) is 0 Å². The SMILES string of the molecule is CC(N)c1cncc(-c2ccccc2C(F)(F)F)c1. The fraction of sp³-hybridized carbons (Fsp3) is 0.214. The summed E-state index contributed by atoms with van der Waals surface area (Å²) in [6.07, 6.45) is -1.41. The van der Waals surface area contributed by atoms with Gasteiger partial charge < -0.3 is 5.73 Å². The van der Waals surface area contributed by atoms with Gasteiger partial charge in [-0.05, 0) is 30.2 Å². The highest BCUT2D eigenvalue weighted by Crippen LogP contribution is 2.36. The molecule has 1 unspecified atom stereocenters. The third kappa shape index (κ3) is 2.93. The van der Waals surface area contributed by atoms with Gasteiger partial charge in [-0.15, -0.1) is 0 Å². The van der Waals surface area contributed by atoms with Crippen molar-refractivity contribution in [3.63, 3.8) is 0 Å². The summed E-state index contributed by atoms with van der Waals surface area (Å²) in [4.78, 5) is 3.96. The number of rotatable bonds is 2. The van der Waals surface area contributed by atoms with Crippen molar-refractivity contribution in [2.24, 2.45) is 5.73 Å². The molecule has 19 heavy (non-hydrogen) atoms. The van der Waals surface area contributed by atoms with Gasteiger partial charge in [-0.1, -0.05) is 18.2 Å². The number of pyridine rings is 1. The zero-order valence-corrected chi connectivity index (χ0v) is 10.3. The molecule has 0 saturated heterocycles. The molecule has 1 aromatic heterocycles. The predicted molar refractivity (Wildman–Crippen MR) is 67.3 cm³/mol. The molecule has 100 valence electrons. The first-order chi connectivity index (χ1) is 8.89. The molecule has 2 rings (SSSR count). The van der Waals surface area contributed by atoms with Gasteiger partial charge in [-0.25, -0.2) is 0 Å². The summed E-state index contributed by atoms with van der Waals surface area (Å²) < 4.78 is 38.8. The van der Waals surface area contributed by atoms with Crippen molar-refractivity contribution >= 4 is 0 Å². The minimum atomic E-state index is -4.39. The molecule has 2 N–H and O–H groups in total. The first-order valence-corrected chi connectivity index (χ1v) is 5.76. The maximum Gasteiger partial charge on any atom is 0.417 e. The summed E-state index contributed by atoms with van der Waals surface area (Å²) in [7, 11) is 0. The second-order valence-corrected chi connectivity index (χ2v) is 4.34. The molecule has 0 spiro atoms. The van der Waals surface area contributed by atoms with E-state index < -0.39 is 11.7 Å². The molecule has 0 bridgehead atoms. The smallest absolute Gasteiger partial charge is 0.324 e. The number of aromatic nitrogens is 1. The van der Waals surface area contributed by atoms with Crippen LogP contribution in [-0.4, -0.2) is 4.98 Å². The van der Waals surface area contributed by atoms with Crippen molar-refractivity contribution in [2.45, 2.75) is 19.1 Å². The predicted octanol–water partition coefficient (Wildman–Crippen LogP) is 3.79. The molecule has 0 amide bonds. The van der Waals surface area contributed by atoms with Gasteiger partial charge in [-0.3, -0.25) is 4.98 Å². The van der Waals surface area contributed by atoms with Crippen LogP contribution < -0.4 is 5.73 Å². The monoisotopic (exact) mass is 266 g/mol. The van der Waals surface area contributed by atoms with E-state index in [1.54, 1.807) is 25.3 Å². The van der Waals surface area contributed by atoms with Crippen molar-refractivity contribution in [1.82, 2.24) is 4.98 Å². The second-order valence-electron chi connectivity index (χ2n) is 4.34. The van der Waals surface area contributed by atoms with Gasteiger partial charge in [0.25, 0.3) is 0 Å². The van der Waals surface area contributed by atoms with Crippen LogP contribution in [0.5, 0.6) is 0 Å². The van der Waals surface area contributed by atoms with Crippen LogP contribution in [0.4, 0.5) is 13.2 Å². The molecule has 0 radical (unpaired) electrons. The Kier molecular flexibility index (Phi) is 3.57. The fourth-order valence-corrected chi connectivity index (χ4v) is 1.84. The molecule has 1 atom stereocenters. The van der Waals surface area contributed by atoms with E-state index in [0.717, 1.165) is 6.07 Å². The maximum absolute atomic E-state index is 12.9. The Morgan fingerprint density at radius 2 is 1.84 bits per heavy atom. The van der Waals surface area contributed by atoms with Gasteiger partial charge in [0.1, 0.15) is 0 Å². The van der Waals surface area contributed by atoms with E-state index in [-0.39, 0.29) is 11.6 Å². The Morgan fingerprint density at radius 1 is 1.16 bits per heavy atom. The maximum atomic E-state index is 12.9. The quantitative estimate of drug-likeness (QED) is 0.898. The Bertz CT molecular complexity index is 577. The molecule has 2 aromatic rings. The highest BCUT2D eigenvalue weighted by Gasteiger charge is 2.33. The largest absolute Gasteiger partial charge is 0.417 e. The molecule has 0 fully saturated rings. The van der Waals surface area contributed by atoms with Crippen molar-refractivity contribution < 1.29 is 13.2 Å². The van der Waals surface area contributed by atoms with Crippen molar-refractivity contribution in [3.05, 3.63) is 53.9 Å². The van der Waals surface area contributed by atoms with Gasteiger partial charge in [0, 0.05) is 24.0 Å². The van der Waals surface area contributed by atoms with E-state index in [1.807, 2.05) is 0 Å². The average molecular weight is 266 g/mol. The molecule has 1 aromatic carbocycles. The van der Waals surface area contributed by atoms with Crippen LogP contribution in [0.15, 0.2) is 42.7 Å². The van der Waals surface area contributed by atoms with Crippen LogP contribution in [-0.2, 0) is 6.18 Å². The molecule has 1 heterocycles. The summed E-state index contributed by atoms with van der Waals surface area (Å²) in [6, 6.07) is 6.81. The molecule has 0 saturated carbocycles. The van der Waals surface area contributed by atoms with Crippen LogP contribution in [0.1, 0.15) is 24.1 Å². The zero-order chi connectivity index (χ0) is 14.0. The number of alkyl halides is 3. The number of nitrogens with zero attached hydrogens (tertiary/aromatic N) is 1. The number of halogens is 3. The fourth-order valence-electron chi connectivity index (χ4n) is 1.84. The normalized spacial score (nSPS) is 13.3. The van der Waals surface area contributed by atoms with E-state index in [1.165, 1.54) is 18.3 Å². The molecule has 0 aliphatic heterocycles. The van der Waals surface area contributed by atoms with E-state index in [2.05, 4.69) is 4.98 Å². The van der Waals surface area contributed by atoms with E-state index in [0.29, 0.717) is 11.1 Å². The molecule has 2 nitrogen and oxygen atoms in total. The first kappa shape index (κ1) is 13.5. The Labute approximate surface area is 109 Å². The summed E-state index contributed by atoms with van der Waals surface area (Å²) in [5.74, 6) is 0.